The SMILES string of the molecule is CS(=O)(=O)c1ccc(C(=O)Nc2ccc(Cl)c(-c3cnc4ccccc4n3)c2)c(Cl)c1. The fourth-order valence-corrected chi connectivity index (χ4v) is 4.19. The maximum Gasteiger partial charge on any atom is 0.257 e. The van der Waals surface area contributed by atoms with Gasteiger partial charge in [0.1, 0.15) is 0 Å². The number of aromatic nitrogens is 2. The number of carbonyl (C=O) groups excluding carboxylic acids is 1. The van der Waals surface area contributed by atoms with E-state index >= 15 is 0 Å². The number of amides is 1. The molecule has 3 aromatic carbocycles. The Kier molecular flexibility index (Phi) is 5.66. The van der Waals surface area contributed by atoms with E-state index in [1.54, 1.807) is 24.4 Å². The highest BCUT2D eigenvalue weighted by Crippen LogP contribution is 2.30. The van der Waals surface area contributed by atoms with E-state index in [9.17, 15) is 13.2 Å². The second-order valence-corrected chi connectivity index (χ2v) is 9.64. The lowest BCUT2D eigenvalue weighted by atomic mass is 10.1. The number of fused-ring (bicyclic) bond motifs is 1. The lowest BCUT2D eigenvalue weighted by Gasteiger charge is -2.11. The first-order valence-electron chi connectivity index (χ1n) is 9.05. The highest BCUT2D eigenvalue weighted by molar-refractivity contribution is 7.90. The van der Waals surface area contributed by atoms with Crippen LogP contribution in [0, 0.1) is 0 Å². The molecule has 31 heavy (non-hydrogen) atoms. The Hall–Kier alpha value is -3.00. The molecule has 0 spiro atoms. The van der Waals surface area contributed by atoms with Crippen LogP contribution >= 0.6 is 23.2 Å². The minimum atomic E-state index is -3.43. The largest absolute Gasteiger partial charge is 0.322 e. The van der Waals surface area contributed by atoms with Crippen molar-refractivity contribution in [1.29, 1.82) is 0 Å². The van der Waals surface area contributed by atoms with Gasteiger partial charge in [-0.05, 0) is 48.5 Å². The third kappa shape index (κ3) is 4.54. The van der Waals surface area contributed by atoms with E-state index in [0.29, 0.717) is 22.0 Å². The van der Waals surface area contributed by atoms with Crippen LogP contribution in [0.3, 0.4) is 0 Å². The van der Waals surface area contributed by atoms with Crippen molar-refractivity contribution in [2.24, 2.45) is 0 Å². The Morgan fingerprint density at radius 2 is 1.68 bits per heavy atom. The van der Waals surface area contributed by atoms with Crippen molar-refractivity contribution in [3.8, 4) is 11.3 Å². The topological polar surface area (TPSA) is 89.0 Å². The summed E-state index contributed by atoms with van der Waals surface area (Å²) >= 11 is 12.5. The van der Waals surface area contributed by atoms with Gasteiger partial charge in [0.15, 0.2) is 9.84 Å². The van der Waals surface area contributed by atoms with E-state index in [2.05, 4.69) is 15.3 Å². The molecule has 156 valence electrons. The van der Waals surface area contributed by atoms with Crippen LogP contribution in [0.25, 0.3) is 22.3 Å². The fraction of sp³-hybridized carbons (Fsp3) is 0.0455. The number of hydrogen-bond donors (Lipinski definition) is 1. The summed E-state index contributed by atoms with van der Waals surface area (Å²) in [6.07, 6.45) is 2.69. The Labute approximate surface area is 188 Å². The smallest absolute Gasteiger partial charge is 0.257 e. The van der Waals surface area contributed by atoms with Crippen LogP contribution in [-0.4, -0.2) is 30.5 Å². The predicted octanol–water partition coefficient (Wildman–Crippen LogP) is 5.26. The van der Waals surface area contributed by atoms with Gasteiger partial charge in [0.25, 0.3) is 5.91 Å². The Bertz CT molecular complexity index is 1440. The molecule has 0 atom stereocenters. The third-order valence-electron chi connectivity index (χ3n) is 4.56. The van der Waals surface area contributed by atoms with E-state index in [-0.39, 0.29) is 15.5 Å². The summed E-state index contributed by atoms with van der Waals surface area (Å²) in [5.41, 5.74) is 3.28. The van der Waals surface area contributed by atoms with Crippen molar-refractivity contribution < 1.29 is 13.2 Å². The first kappa shape index (κ1) is 21.2. The average Bonchev–Trinajstić information content (AvgIpc) is 2.74. The number of carbonyl (C=O) groups is 1. The van der Waals surface area contributed by atoms with Gasteiger partial charge in [0.2, 0.25) is 0 Å². The van der Waals surface area contributed by atoms with Crippen LogP contribution in [-0.2, 0) is 9.84 Å². The van der Waals surface area contributed by atoms with Crippen LogP contribution in [0.2, 0.25) is 10.0 Å². The van der Waals surface area contributed by atoms with E-state index in [1.165, 1.54) is 18.2 Å². The number of anilines is 1. The van der Waals surface area contributed by atoms with Gasteiger partial charge in [0, 0.05) is 17.5 Å². The molecule has 1 heterocycles. The first-order chi connectivity index (χ1) is 14.7. The number of nitrogens with zero attached hydrogens (tertiary/aromatic N) is 2. The number of para-hydroxylation sites is 2. The third-order valence-corrected chi connectivity index (χ3v) is 6.31. The molecular weight excluding hydrogens is 457 g/mol. The second kappa shape index (κ2) is 8.26. The molecule has 0 aliphatic carbocycles. The molecule has 6 nitrogen and oxygen atoms in total. The Morgan fingerprint density at radius 1 is 0.935 bits per heavy atom. The summed E-state index contributed by atoms with van der Waals surface area (Å²) < 4.78 is 23.3. The molecule has 1 N–H and O–H groups in total. The van der Waals surface area contributed by atoms with Gasteiger partial charge >= 0.3 is 0 Å². The van der Waals surface area contributed by atoms with Crippen molar-refractivity contribution in [1.82, 2.24) is 9.97 Å². The first-order valence-corrected chi connectivity index (χ1v) is 11.7. The van der Waals surface area contributed by atoms with Gasteiger partial charge in [-0.15, -0.1) is 0 Å². The molecule has 0 aliphatic rings. The molecule has 0 aliphatic heterocycles. The van der Waals surface area contributed by atoms with Crippen LogP contribution < -0.4 is 5.32 Å². The summed E-state index contributed by atoms with van der Waals surface area (Å²) in [5.74, 6) is -0.483. The summed E-state index contributed by atoms with van der Waals surface area (Å²) in [4.78, 5) is 21.7. The maximum absolute atomic E-state index is 12.7. The number of sulfone groups is 1. The molecular formula is C22H15Cl2N3O3S. The lowest BCUT2D eigenvalue weighted by Crippen LogP contribution is -2.13. The zero-order chi connectivity index (χ0) is 22.2. The van der Waals surface area contributed by atoms with E-state index in [4.69, 9.17) is 23.2 Å². The van der Waals surface area contributed by atoms with E-state index in [0.717, 1.165) is 17.3 Å². The monoisotopic (exact) mass is 471 g/mol. The normalized spacial score (nSPS) is 11.5. The van der Waals surface area contributed by atoms with Crippen LogP contribution in [0.1, 0.15) is 10.4 Å². The van der Waals surface area contributed by atoms with Gasteiger partial charge in [-0.3, -0.25) is 9.78 Å². The van der Waals surface area contributed by atoms with E-state index in [1.807, 2.05) is 24.3 Å². The van der Waals surface area contributed by atoms with E-state index < -0.39 is 15.7 Å². The van der Waals surface area contributed by atoms with Crippen LogP contribution in [0.4, 0.5) is 5.69 Å². The van der Waals surface area contributed by atoms with Gasteiger partial charge in [-0.25, -0.2) is 13.4 Å². The Morgan fingerprint density at radius 3 is 2.39 bits per heavy atom. The quantitative estimate of drug-likeness (QED) is 0.438. The summed E-state index contributed by atoms with van der Waals surface area (Å²) in [6, 6.07) is 16.4. The molecule has 0 saturated heterocycles. The molecule has 0 unspecified atom stereocenters. The molecule has 1 aromatic heterocycles. The van der Waals surface area contributed by atoms with Crippen molar-refractivity contribution in [2.45, 2.75) is 4.90 Å². The highest BCUT2D eigenvalue weighted by atomic mass is 35.5. The number of halogens is 2. The molecule has 0 bridgehead atoms. The van der Waals surface area contributed by atoms with Gasteiger partial charge < -0.3 is 5.32 Å². The second-order valence-electron chi connectivity index (χ2n) is 6.81. The number of nitrogens with one attached hydrogen (secondary N) is 1. The summed E-state index contributed by atoms with van der Waals surface area (Å²) in [7, 11) is -3.43. The van der Waals surface area contributed by atoms with Crippen molar-refractivity contribution >= 4 is 55.7 Å². The predicted molar refractivity (Wildman–Crippen MR) is 122 cm³/mol. The van der Waals surface area contributed by atoms with Gasteiger partial charge in [0.05, 0.1) is 43.4 Å². The maximum atomic E-state index is 12.7. The lowest BCUT2D eigenvalue weighted by molar-refractivity contribution is 0.102. The van der Waals surface area contributed by atoms with Crippen molar-refractivity contribution in [3.05, 3.63) is 82.5 Å². The van der Waals surface area contributed by atoms with Gasteiger partial charge in [-0.2, -0.15) is 0 Å². The number of hydrogen-bond acceptors (Lipinski definition) is 5. The zero-order valence-corrected chi connectivity index (χ0v) is 18.5. The van der Waals surface area contributed by atoms with Crippen LogP contribution in [0.15, 0.2) is 71.8 Å². The minimum Gasteiger partial charge on any atom is -0.322 e. The molecule has 9 heteroatoms. The standard InChI is InChI=1S/C22H15Cl2N3O3S/c1-31(29,30)14-7-8-15(18(24)11-14)22(28)26-13-6-9-17(23)16(10-13)21-12-25-19-4-2-3-5-20(19)27-21/h2-12H,1H3,(H,26,28). The minimum absolute atomic E-state index is 0.0370. The van der Waals surface area contributed by atoms with Crippen molar-refractivity contribution in [3.63, 3.8) is 0 Å². The van der Waals surface area contributed by atoms with Crippen molar-refractivity contribution in [2.75, 3.05) is 11.6 Å². The molecule has 4 rings (SSSR count). The summed E-state index contributed by atoms with van der Waals surface area (Å²) in [5, 5.41) is 3.25. The average molecular weight is 472 g/mol. The Balaban J connectivity index is 1.65. The molecule has 0 fully saturated rings. The molecule has 1 amide bonds. The number of benzene rings is 3. The zero-order valence-electron chi connectivity index (χ0n) is 16.1. The summed E-state index contributed by atoms with van der Waals surface area (Å²) in [6.45, 7) is 0. The van der Waals surface area contributed by atoms with Gasteiger partial charge in [-0.1, -0.05) is 35.3 Å². The molecule has 0 radical (unpaired) electrons. The highest BCUT2D eigenvalue weighted by Gasteiger charge is 2.16. The van der Waals surface area contributed by atoms with Crippen LogP contribution in [0.5, 0.6) is 0 Å². The fourth-order valence-electron chi connectivity index (χ4n) is 3.00. The molecule has 4 aromatic rings. The molecule has 0 saturated carbocycles. The number of rotatable bonds is 4.